The van der Waals surface area contributed by atoms with Gasteiger partial charge in [-0.15, -0.1) is 0 Å². The second-order valence-corrected chi connectivity index (χ2v) is 4.31. The van der Waals surface area contributed by atoms with Crippen molar-refractivity contribution >= 4 is 5.91 Å². The second kappa shape index (κ2) is 4.28. The van der Waals surface area contributed by atoms with Gasteiger partial charge >= 0.3 is 0 Å². The maximum absolute atomic E-state index is 12.0. The predicted octanol–water partition coefficient (Wildman–Crippen LogP) is -0.454. The summed E-state index contributed by atoms with van der Waals surface area (Å²) in [4.78, 5) is 14.0. The SMILES string of the molecule is NC1CNCC1C(=O)N1CCCCC1. The summed E-state index contributed by atoms with van der Waals surface area (Å²) in [5.74, 6) is 0.287. The first-order valence-corrected chi connectivity index (χ1v) is 5.54. The molecule has 2 aliphatic heterocycles. The van der Waals surface area contributed by atoms with Gasteiger partial charge in [-0.2, -0.15) is 0 Å². The summed E-state index contributed by atoms with van der Waals surface area (Å²) in [6, 6.07) is 0.0180. The van der Waals surface area contributed by atoms with E-state index in [0.717, 1.165) is 39.0 Å². The van der Waals surface area contributed by atoms with Crippen molar-refractivity contribution in [3.63, 3.8) is 0 Å². The summed E-state index contributed by atoms with van der Waals surface area (Å²) >= 11 is 0. The average Bonchev–Trinajstić information content (AvgIpc) is 2.65. The molecule has 2 fully saturated rings. The molecule has 0 spiro atoms. The molecule has 0 aliphatic carbocycles. The normalized spacial score (nSPS) is 33.4. The molecule has 0 aromatic carbocycles. The zero-order chi connectivity index (χ0) is 9.97. The van der Waals surface area contributed by atoms with Crippen molar-refractivity contribution in [2.24, 2.45) is 11.7 Å². The number of carbonyl (C=O) groups is 1. The quantitative estimate of drug-likeness (QED) is 0.598. The van der Waals surface area contributed by atoms with Crippen LogP contribution in [0.15, 0.2) is 0 Å². The van der Waals surface area contributed by atoms with E-state index in [1.54, 1.807) is 0 Å². The van der Waals surface area contributed by atoms with Gasteiger partial charge in [0.15, 0.2) is 0 Å². The highest BCUT2D eigenvalue weighted by Gasteiger charge is 2.33. The molecular formula is C10H19N3O. The van der Waals surface area contributed by atoms with E-state index in [2.05, 4.69) is 5.32 Å². The largest absolute Gasteiger partial charge is 0.342 e. The lowest BCUT2D eigenvalue weighted by Crippen LogP contribution is -2.45. The molecule has 2 rings (SSSR count). The van der Waals surface area contributed by atoms with Gasteiger partial charge in [-0.05, 0) is 19.3 Å². The molecule has 2 aliphatic rings. The highest BCUT2D eigenvalue weighted by Crippen LogP contribution is 2.15. The fourth-order valence-corrected chi connectivity index (χ4v) is 2.32. The Kier molecular flexibility index (Phi) is 3.03. The first-order valence-electron chi connectivity index (χ1n) is 5.54. The van der Waals surface area contributed by atoms with E-state index in [9.17, 15) is 4.79 Å². The van der Waals surface area contributed by atoms with Crippen molar-refractivity contribution in [3.05, 3.63) is 0 Å². The van der Waals surface area contributed by atoms with Gasteiger partial charge in [0, 0.05) is 32.2 Å². The Hall–Kier alpha value is -0.610. The van der Waals surface area contributed by atoms with Gasteiger partial charge in [0.25, 0.3) is 0 Å². The zero-order valence-corrected chi connectivity index (χ0v) is 8.54. The lowest BCUT2D eigenvalue weighted by Gasteiger charge is -2.30. The van der Waals surface area contributed by atoms with E-state index in [0.29, 0.717) is 0 Å². The van der Waals surface area contributed by atoms with Crippen LogP contribution in [0.3, 0.4) is 0 Å². The maximum Gasteiger partial charge on any atom is 0.228 e. The molecule has 2 saturated heterocycles. The Labute approximate surface area is 84.8 Å². The molecule has 0 saturated carbocycles. The molecule has 0 radical (unpaired) electrons. The molecule has 0 bridgehead atoms. The van der Waals surface area contributed by atoms with Crippen molar-refractivity contribution < 1.29 is 4.79 Å². The van der Waals surface area contributed by atoms with Crippen molar-refractivity contribution in [1.29, 1.82) is 0 Å². The number of piperidine rings is 1. The maximum atomic E-state index is 12.0. The van der Waals surface area contributed by atoms with Crippen LogP contribution >= 0.6 is 0 Å². The summed E-state index contributed by atoms with van der Waals surface area (Å²) < 4.78 is 0. The van der Waals surface area contributed by atoms with E-state index in [1.807, 2.05) is 4.90 Å². The molecule has 0 aromatic heterocycles. The molecule has 0 aromatic rings. The third-order valence-electron chi connectivity index (χ3n) is 3.25. The van der Waals surface area contributed by atoms with Gasteiger partial charge < -0.3 is 16.0 Å². The number of nitrogens with one attached hydrogen (secondary N) is 1. The Bertz CT molecular complexity index is 213. The van der Waals surface area contributed by atoms with Gasteiger partial charge in [-0.1, -0.05) is 0 Å². The molecule has 1 amide bonds. The second-order valence-electron chi connectivity index (χ2n) is 4.31. The highest BCUT2D eigenvalue weighted by molar-refractivity contribution is 5.80. The Balaban J connectivity index is 1.92. The molecule has 2 unspecified atom stereocenters. The van der Waals surface area contributed by atoms with Gasteiger partial charge in [-0.25, -0.2) is 0 Å². The summed E-state index contributed by atoms with van der Waals surface area (Å²) in [6.07, 6.45) is 3.57. The Morgan fingerprint density at radius 3 is 2.50 bits per heavy atom. The third-order valence-corrected chi connectivity index (χ3v) is 3.25. The summed E-state index contributed by atoms with van der Waals surface area (Å²) in [5.41, 5.74) is 5.88. The standard InChI is InChI=1S/C10H19N3O/c11-9-7-12-6-8(9)10(14)13-4-2-1-3-5-13/h8-9,12H,1-7,11H2. The summed E-state index contributed by atoms with van der Waals surface area (Å²) in [6.45, 7) is 3.41. The molecular weight excluding hydrogens is 178 g/mol. The number of hydrogen-bond acceptors (Lipinski definition) is 3. The van der Waals surface area contributed by atoms with Crippen molar-refractivity contribution in [1.82, 2.24) is 10.2 Å². The van der Waals surface area contributed by atoms with Crippen LogP contribution in [0.5, 0.6) is 0 Å². The fraction of sp³-hybridized carbons (Fsp3) is 0.900. The van der Waals surface area contributed by atoms with Crippen molar-refractivity contribution in [3.8, 4) is 0 Å². The number of hydrogen-bond donors (Lipinski definition) is 2. The van der Waals surface area contributed by atoms with Crippen molar-refractivity contribution in [2.75, 3.05) is 26.2 Å². The average molecular weight is 197 g/mol. The van der Waals surface area contributed by atoms with Crippen molar-refractivity contribution in [2.45, 2.75) is 25.3 Å². The van der Waals surface area contributed by atoms with Crippen LogP contribution < -0.4 is 11.1 Å². The van der Waals surface area contributed by atoms with Crippen LogP contribution in [0.2, 0.25) is 0 Å². The first-order chi connectivity index (χ1) is 6.79. The van der Waals surface area contributed by atoms with Crippen LogP contribution in [0.1, 0.15) is 19.3 Å². The van der Waals surface area contributed by atoms with Gasteiger partial charge in [0.2, 0.25) is 5.91 Å². The van der Waals surface area contributed by atoms with E-state index >= 15 is 0 Å². The van der Waals surface area contributed by atoms with E-state index in [4.69, 9.17) is 5.73 Å². The topological polar surface area (TPSA) is 58.4 Å². The van der Waals surface area contributed by atoms with E-state index in [-0.39, 0.29) is 17.9 Å². The van der Waals surface area contributed by atoms with Gasteiger partial charge in [0.05, 0.1) is 5.92 Å². The first kappa shape index (κ1) is 9.93. The lowest BCUT2D eigenvalue weighted by atomic mass is 10.0. The number of carbonyl (C=O) groups excluding carboxylic acids is 1. The monoisotopic (exact) mass is 197 g/mol. The van der Waals surface area contributed by atoms with Crippen LogP contribution in [0, 0.1) is 5.92 Å². The van der Waals surface area contributed by atoms with Crippen LogP contribution in [-0.2, 0) is 4.79 Å². The van der Waals surface area contributed by atoms with Crippen LogP contribution in [0.25, 0.3) is 0 Å². The summed E-state index contributed by atoms with van der Waals surface area (Å²) in [5, 5.41) is 3.17. The molecule has 14 heavy (non-hydrogen) atoms. The number of amides is 1. The molecule has 4 nitrogen and oxygen atoms in total. The minimum atomic E-state index is 0.0180. The molecule has 4 heteroatoms. The van der Waals surface area contributed by atoms with Gasteiger partial charge in [0.1, 0.15) is 0 Å². The molecule has 2 atom stereocenters. The molecule has 3 N–H and O–H groups in total. The Morgan fingerprint density at radius 2 is 1.93 bits per heavy atom. The lowest BCUT2D eigenvalue weighted by molar-refractivity contribution is -0.136. The zero-order valence-electron chi connectivity index (χ0n) is 8.54. The molecule has 2 heterocycles. The third kappa shape index (κ3) is 1.91. The smallest absolute Gasteiger partial charge is 0.228 e. The molecule has 80 valence electrons. The fourth-order valence-electron chi connectivity index (χ4n) is 2.32. The number of nitrogens with zero attached hydrogens (tertiary/aromatic N) is 1. The number of likely N-dealkylation sites (tertiary alicyclic amines) is 1. The van der Waals surface area contributed by atoms with Crippen LogP contribution in [0.4, 0.5) is 0 Å². The van der Waals surface area contributed by atoms with Gasteiger partial charge in [-0.3, -0.25) is 4.79 Å². The number of rotatable bonds is 1. The van der Waals surface area contributed by atoms with E-state index < -0.39 is 0 Å². The Morgan fingerprint density at radius 1 is 1.21 bits per heavy atom. The van der Waals surface area contributed by atoms with E-state index in [1.165, 1.54) is 6.42 Å². The highest BCUT2D eigenvalue weighted by atomic mass is 16.2. The number of nitrogens with two attached hydrogens (primary N) is 1. The minimum Gasteiger partial charge on any atom is -0.342 e. The van der Waals surface area contributed by atoms with Crippen LogP contribution in [-0.4, -0.2) is 43.0 Å². The minimum absolute atomic E-state index is 0.0180. The predicted molar refractivity (Wildman–Crippen MR) is 54.8 cm³/mol. The summed E-state index contributed by atoms with van der Waals surface area (Å²) in [7, 11) is 0.